The smallest absolute Gasteiger partial charge is 0.274 e. The minimum Gasteiger partial charge on any atom is -0.392 e. The number of nitrogens with zero attached hydrogens (tertiary/aromatic N) is 1. The molecule has 92 valence electrons. The van der Waals surface area contributed by atoms with E-state index in [4.69, 9.17) is 16.7 Å². The first-order valence-electron chi connectivity index (χ1n) is 5.32. The van der Waals surface area contributed by atoms with Crippen LogP contribution in [-0.2, 0) is 6.61 Å². The van der Waals surface area contributed by atoms with Crippen LogP contribution in [0.25, 0.3) is 0 Å². The molecule has 0 saturated heterocycles. The lowest BCUT2D eigenvalue weighted by atomic mass is 10.2. The summed E-state index contributed by atoms with van der Waals surface area (Å²) < 4.78 is 0. The maximum atomic E-state index is 11.8. The fourth-order valence-corrected chi connectivity index (χ4v) is 1.56. The number of anilines is 1. The SMILES string of the molecule is O=C(Nc1cccc(CO)c1)c1ccc(Cl)cn1. The van der Waals surface area contributed by atoms with Crippen molar-refractivity contribution in [1.29, 1.82) is 0 Å². The van der Waals surface area contributed by atoms with Gasteiger partial charge >= 0.3 is 0 Å². The highest BCUT2D eigenvalue weighted by Crippen LogP contribution is 2.12. The van der Waals surface area contributed by atoms with Crippen molar-refractivity contribution in [2.45, 2.75) is 6.61 Å². The van der Waals surface area contributed by atoms with Gasteiger partial charge in [0.05, 0.1) is 11.6 Å². The van der Waals surface area contributed by atoms with E-state index < -0.39 is 0 Å². The number of carbonyl (C=O) groups excluding carboxylic acids is 1. The number of halogens is 1. The summed E-state index contributed by atoms with van der Waals surface area (Å²) in [5.41, 5.74) is 1.63. The van der Waals surface area contributed by atoms with Gasteiger partial charge in [0.25, 0.3) is 5.91 Å². The van der Waals surface area contributed by atoms with E-state index in [0.29, 0.717) is 10.7 Å². The number of aliphatic hydroxyl groups is 1. The zero-order chi connectivity index (χ0) is 13.0. The van der Waals surface area contributed by atoms with E-state index in [1.54, 1.807) is 36.4 Å². The van der Waals surface area contributed by atoms with E-state index in [-0.39, 0.29) is 18.2 Å². The number of rotatable bonds is 3. The molecule has 2 rings (SSSR count). The van der Waals surface area contributed by atoms with E-state index in [1.165, 1.54) is 6.20 Å². The first-order valence-corrected chi connectivity index (χ1v) is 5.69. The van der Waals surface area contributed by atoms with Crippen molar-refractivity contribution in [1.82, 2.24) is 4.98 Å². The lowest BCUT2D eigenvalue weighted by Gasteiger charge is -2.06. The Bertz CT molecular complexity index is 555. The Morgan fingerprint density at radius 1 is 1.33 bits per heavy atom. The highest BCUT2D eigenvalue weighted by molar-refractivity contribution is 6.30. The molecule has 1 heterocycles. The quantitative estimate of drug-likeness (QED) is 0.893. The van der Waals surface area contributed by atoms with Gasteiger partial charge in [-0.25, -0.2) is 4.98 Å². The lowest BCUT2D eigenvalue weighted by Crippen LogP contribution is -2.13. The normalized spacial score (nSPS) is 10.1. The number of nitrogens with one attached hydrogen (secondary N) is 1. The zero-order valence-electron chi connectivity index (χ0n) is 9.43. The average Bonchev–Trinajstić information content (AvgIpc) is 2.39. The van der Waals surface area contributed by atoms with E-state index >= 15 is 0 Å². The Labute approximate surface area is 109 Å². The second kappa shape index (κ2) is 5.62. The van der Waals surface area contributed by atoms with Crippen LogP contribution < -0.4 is 5.32 Å². The molecule has 0 aliphatic carbocycles. The summed E-state index contributed by atoms with van der Waals surface area (Å²) >= 11 is 5.69. The van der Waals surface area contributed by atoms with Crippen molar-refractivity contribution < 1.29 is 9.90 Å². The molecular weight excluding hydrogens is 252 g/mol. The fraction of sp³-hybridized carbons (Fsp3) is 0.0769. The van der Waals surface area contributed by atoms with Crippen LogP contribution in [0.5, 0.6) is 0 Å². The molecule has 0 fully saturated rings. The standard InChI is InChI=1S/C13H11ClN2O2/c14-10-4-5-12(15-7-10)13(18)16-11-3-1-2-9(6-11)8-17/h1-7,17H,8H2,(H,16,18). The molecule has 0 bridgehead atoms. The minimum absolute atomic E-state index is 0.0666. The first kappa shape index (κ1) is 12.5. The van der Waals surface area contributed by atoms with Crippen LogP contribution in [0.4, 0.5) is 5.69 Å². The van der Waals surface area contributed by atoms with Crippen LogP contribution in [0.3, 0.4) is 0 Å². The number of carbonyl (C=O) groups is 1. The number of aromatic nitrogens is 1. The molecule has 0 aliphatic heterocycles. The molecule has 5 heteroatoms. The summed E-state index contributed by atoms with van der Waals surface area (Å²) in [7, 11) is 0. The summed E-state index contributed by atoms with van der Waals surface area (Å²) in [6.45, 7) is -0.0666. The topological polar surface area (TPSA) is 62.2 Å². The molecule has 0 spiro atoms. The molecule has 1 amide bonds. The number of hydrogen-bond donors (Lipinski definition) is 2. The Morgan fingerprint density at radius 3 is 2.83 bits per heavy atom. The van der Waals surface area contributed by atoms with Crippen LogP contribution in [0.2, 0.25) is 5.02 Å². The molecule has 0 atom stereocenters. The van der Waals surface area contributed by atoms with Crippen molar-refractivity contribution in [2.24, 2.45) is 0 Å². The lowest BCUT2D eigenvalue weighted by molar-refractivity contribution is 0.102. The number of hydrogen-bond acceptors (Lipinski definition) is 3. The largest absolute Gasteiger partial charge is 0.392 e. The van der Waals surface area contributed by atoms with E-state index in [0.717, 1.165) is 5.56 Å². The zero-order valence-corrected chi connectivity index (χ0v) is 10.2. The number of pyridine rings is 1. The van der Waals surface area contributed by atoms with Gasteiger partial charge in [-0.3, -0.25) is 4.79 Å². The van der Waals surface area contributed by atoms with Crippen LogP contribution in [-0.4, -0.2) is 16.0 Å². The molecule has 1 aromatic carbocycles. The molecule has 4 nitrogen and oxygen atoms in total. The molecule has 2 aromatic rings. The molecule has 2 N–H and O–H groups in total. The Morgan fingerprint density at radius 2 is 2.17 bits per heavy atom. The summed E-state index contributed by atoms with van der Waals surface area (Å²) in [5, 5.41) is 12.2. The molecule has 1 aromatic heterocycles. The third-order valence-electron chi connectivity index (χ3n) is 2.33. The monoisotopic (exact) mass is 262 g/mol. The molecule has 0 unspecified atom stereocenters. The third-order valence-corrected chi connectivity index (χ3v) is 2.55. The highest BCUT2D eigenvalue weighted by atomic mass is 35.5. The summed E-state index contributed by atoms with van der Waals surface area (Å²) in [4.78, 5) is 15.8. The van der Waals surface area contributed by atoms with Crippen LogP contribution >= 0.6 is 11.6 Å². The predicted molar refractivity (Wildman–Crippen MR) is 69.6 cm³/mol. The highest BCUT2D eigenvalue weighted by Gasteiger charge is 2.07. The van der Waals surface area contributed by atoms with Gasteiger partial charge in [-0.05, 0) is 29.8 Å². The van der Waals surface area contributed by atoms with Gasteiger partial charge in [-0.15, -0.1) is 0 Å². The second-order valence-electron chi connectivity index (χ2n) is 3.67. The average molecular weight is 263 g/mol. The summed E-state index contributed by atoms with van der Waals surface area (Å²) in [6.07, 6.45) is 1.42. The van der Waals surface area contributed by atoms with Gasteiger partial charge in [-0.2, -0.15) is 0 Å². The molecule has 0 saturated carbocycles. The van der Waals surface area contributed by atoms with Crippen molar-refractivity contribution in [3.63, 3.8) is 0 Å². The molecule has 0 radical (unpaired) electrons. The van der Waals surface area contributed by atoms with Crippen LogP contribution in [0, 0.1) is 0 Å². The Balaban J connectivity index is 2.13. The van der Waals surface area contributed by atoms with E-state index in [2.05, 4.69) is 10.3 Å². The van der Waals surface area contributed by atoms with E-state index in [1.807, 2.05) is 0 Å². The third kappa shape index (κ3) is 3.06. The molecule has 18 heavy (non-hydrogen) atoms. The van der Waals surface area contributed by atoms with E-state index in [9.17, 15) is 4.79 Å². The van der Waals surface area contributed by atoms with Gasteiger partial charge in [0, 0.05) is 11.9 Å². The summed E-state index contributed by atoms with van der Waals surface area (Å²) in [5.74, 6) is -0.318. The number of benzene rings is 1. The molecular formula is C13H11ClN2O2. The Kier molecular flexibility index (Phi) is 3.92. The van der Waals surface area contributed by atoms with Crippen LogP contribution in [0.15, 0.2) is 42.6 Å². The van der Waals surface area contributed by atoms with Crippen molar-refractivity contribution >= 4 is 23.2 Å². The van der Waals surface area contributed by atoms with Gasteiger partial charge < -0.3 is 10.4 Å². The summed E-state index contributed by atoms with van der Waals surface area (Å²) in [6, 6.07) is 10.1. The van der Waals surface area contributed by atoms with Crippen molar-refractivity contribution in [2.75, 3.05) is 5.32 Å². The second-order valence-corrected chi connectivity index (χ2v) is 4.11. The predicted octanol–water partition coefficient (Wildman–Crippen LogP) is 2.48. The first-order chi connectivity index (χ1) is 8.69. The van der Waals surface area contributed by atoms with Crippen molar-refractivity contribution in [3.05, 3.63) is 58.9 Å². The number of amides is 1. The van der Waals surface area contributed by atoms with Crippen molar-refractivity contribution in [3.8, 4) is 0 Å². The van der Waals surface area contributed by atoms with Gasteiger partial charge in [-0.1, -0.05) is 23.7 Å². The minimum atomic E-state index is -0.318. The Hall–Kier alpha value is -1.91. The van der Waals surface area contributed by atoms with Crippen LogP contribution in [0.1, 0.15) is 16.1 Å². The van der Waals surface area contributed by atoms with Gasteiger partial charge in [0.2, 0.25) is 0 Å². The number of aliphatic hydroxyl groups excluding tert-OH is 1. The van der Waals surface area contributed by atoms with Gasteiger partial charge in [0.1, 0.15) is 5.69 Å². The fourth-order valence-electron chi connectivity index (χ4n) is 1.45. The molecule has 0 aliphatic rings. The maximum absolute atomic E-state index is 11.8. The maximum Gasteiger partial charge on any atom is 0.274 e. The van der Waals surface area contributed by atoms with Gasteiger partial charge in [0.15, 0.2) is 0 Å².